The lowest BCUT2D eigenvalue weighted by molar-refractivity contribution is -0.137. The lowest BCUT2D eigenvalue weighted by Crippen LogP contribution is -2.34. The zero-order valence-electron chi connectivity index (χ0n) is 9.11. The fraction of sp³-hybridized carbons (Fsp3) is 1.00. The molecule has 1 heterocycles. The molecule has 5 nitrogen and oxygen atoms in total. The Bertz CT molecular complexity index is 139. The summed E-state index contributed by atoms with van der Waals surface area (Å²) in [6.45, 7) is 4.25. The van der Waals surface area contributed by atoms with Crippen LogP contribution in [0.25, 0.3) is 0 Å². The van der Waals surface area contributed by atoms with Crippen molar-refractivity contribution in [3.05, 3.63) is 0 Å². The van der Waals surface area contributed by atoms with Gasteiger partial charge >= 0.3 is 0 Å². The van der Waals surface area contributed by atoms with E-state index in [-0.39, 0.29) is 12.7 Å². The van der Waals surface area contributed by atoms with Crippen LogP contribution in [-0.2, 0) is 14.2 Å². The third-order valence-electron chi connectivity index (χ3n) is 2.22. The molecule has 0 spiro atoms. The zero-order chi connectivity index (χ0) is 10.8. The van der Waals surface area contributed by atoms with Crippen LogP contribution in [0.1, 0.15) is 12.8 Å². The first-order chi connectivity index (χ1) is 7.43. The van der Waals surface area contributed by atoms with E-state index in [0.29, 0.717) is 20.0 Å². The Balaban J connectivity index is 1.79. The predicted molar refractivity (Wildman–Crippen MR) is 55.7 cm³/mol. The molecule has 0 bridgehead atoms. The van der Waals surface area contributed by atoms with Crippen molar-refractivity contribution in [2.24, 2.45) is 0 Å². The van der Waals surface area contributed by atoms with Crippen LogP contribution in [-0.4, -0.2) is 57.5 Å². The molecule has 1 rings (SSSR count). The van der Waals surface area contributed by atoms with Gasteiger partial charge in [0.25, 0.3) is 0 Å². The largest absolute Gasteiger partial charge is 0.394 e. The summed E-state index contributed by atoms with van der Waals surface area (Å²) in [7, 11) is 0. The molecule has 0 aliphatic carbocycles. The second kappa shape index (κ2) is 9.06. The van der Waals surface area contributed by atoms with Crippen LogP contribution in [0.4, 0.5) is 0 Å². The average molecular weight is 219 g/mol. The highest BCUT2D eigenvalue weighted by Gasteiger charge is 2.12. The third-order valence-corrected chi connectivity index (χ3v) is 2.22. The van der Waals surface area contributed by atoms with Crippen LogP contribution in [0.2, 0.25) is 0 Å². The molecular formula is C10H21NO4. The Morgan fingerprint density at radius 1 is 1.40 bits per heavy atom. The van der Waals surface area contributed by atoms with Crippen molar-refractivity contribution in [1.29, 1.82) is 0 Å². The molecule has 15 heavy (non-hydrogen) atoms. The monoisotopic (exact) mass is 219 g/mol. The molecule has 0 aromatic heterocycles. The highest BCUT2D eigenvalue weighted by molar-refractivity contribution is 4.63. The predicted octanol–water partition coefficient (Wildman–Crippen LogP) is -0.262. The zero-order valence-corrected chi connectivity index (χ0v) is 9.11. The van der Waals surface area contributed by atoms with Crippen molar-refractivity contribution in [2.75, 3.05) is 46.3 Å². The lowest BCUT2D eigenvalue weighted by Gasteiger charge is -2.22. The quantitative estimate of drug-likeness (QED) is 0.551. The molecule has 0 aromatic rings. The first-order valence-electron chi connectivity index (χ1n) is 5.52. The van der Waals surface area contributed by atoms with Crippen LogP contribution in [0.5, 0.6) is 0 Å². The van der Waals surface area contributed by atoms with Crippen molar-refractivity contribution in [3.8, 4) is 0 Å². The molecule has 0 saturated carbocycles. The number of rotatable bonds is 8. The van der Waals surface area contributed by atoms with Gasteiger partial charge in [-0.2, -0.15) is 0 Å². The minimum atomic E-state index is 0.101. The Morgan fingerprint density at radius 2 is 2.33 bits per heavy atom. The molecule has 0 aromatic carbocycles. The molecular weight excluding hydrogens is 198 g/mol. The van der Waals surface area contributed by atoms with Crippen LogP contribution in [0.15, 0.2) is 0 Å². The third kappa shape index (κ3) is 6.81. The van der Waals surface area contributed by atoms with E-state index in [4.69, 9.17) is 19.3 Å². The summed E-state index contributed by atoms with van der Waals surface area (Å²) in [5.41, 5.74) is 0. The number of hydrogen-bond donors (Lipinski definition) is 2. The Hall–Kier alpha value is -0.200. The number of nitrogens with one attached hydrogen (secondary N) is 1. The van der Waals surface area contributed by atoms with Gasteiger partial charge in [-0.05, 0) is 19.4 Å². The van der Waals surface area contributed by atoms with E-state index in [1.807, 2.05) is 0 Å². The smallest absolute Gasteiger partial charge is 0.147 e. The van der Waals surface area contributed by atoms with Crippen molar-refractivity contribution >= 4 is 0 Å². The van der Waals surface area contributed by atoms with Gasteiger partial charge in [0.2, 0.25) is 0 Å². The van der Waals surface area contributed by atoms with E-state index < -0.39 is 0 Å². The van der Waals surface area contributed by atoms with Gasteiger partial charge in [-0.1, -0.05) is 0 Å². The molecule has 0 radical (unpaired) electrons. The number of aliphatic hydroxyl groups is 1. The summed E-state index contributed by atoms with van der Waals surface area (Å²) in [6, 6.07) is 0. The van der Waals surface area contributed by atoms with Gasteiger partial charge in [0.1, 0.15) is 6.79 Å². The summed E-state index contributed by atoms with van der Waals surface area (Å²) in [5.74, 6) is 0. The van der Waals surface area contributed by atoms with Crippen LogP contribution in [0.3, 0.4) is 0 Å². The molecule has 1 aliphatic rings. The van der Waals surface area contributed by atoms with Gasteiger partial charge in [-0.15, -0.1) is 0 Å². The molecule has 1 atom stereocenters. The van der Waals surface area contributed by atoms with Crippen molar-refractivity contribution < 1.29 is 19.3 Å². The molecule has 90 valence electrons. The van der Waals surface area contributed by atoms with E-state index in [1.54, 1.807) is 0 Å². The fourth-order valence-corrected chi connectivity index (χ4v) is 1.39. The van der Waals surface area contributed by atoms with Gasteiger partial charge in [-0.25, -0.2) is 0 Å². The minimum absolute atomic E-state index is 0.101. The molecule has 5 heteroatoms. The summed E-state index contributed by atoms with van der Waals surface area (Å²) in [4.78, 5) is 0. The standard InChI is InChI=1S/C10H21NO4/c12-4-7-13-5-1-3-11-8-10-2-6-14-9-15-10/h10-12H,1-9H2. The second-order valence-electron chi connectivity index (χ2n) is 3.50. The van der Waals surface area contributed by atoms with Crippen LogP contribution < -0.4 is 5.32 Å². The number of hydrogen-bond acceptors (Lipinski definition) is 5. The van der Waals surface area contributed by atoms with Crippen molar-refractivity contribution in [3.63, 3.8) is 0 Å². The maximum Gasteiger partial charge on any atom is 0.147 e. The summed E-state index contributed by atoms with van der Waals surface area (Å²) < 4.78 is 15.6. The molecule has 1 fully saturated rings. The van der Waals surface area contributed by atoms with E-state index in [0.717, 1.165) is 32.5 Å². The van der Waals surface area contributed by atoms with Crippen LogP contribution >= 0.6 is 0 Å². The van der Waals surface area contributed by atoms with E-state index in [9.17, 15) is 0 Å². The molecule has 1 aliphatic heterocycles. The Kier molecular flexibility index (Phi) is 7.77. The summed E-state index contributed by atoms with van der Waals surface area (Å²) in [5, 5.41) is 11.8. The highest BCUT2D eigenvalue weighted by Crippen LogP contribution is 2.04. The number of ether oxygens (including phenoxy) is 3. The first-order valence-corrected chi connectivity index (χ1v) is 5.52. The molecule has 1 unspecified atom stereocenters. The topological polar surface area (TPSA) is 60.0 Å². The van der Waals surface area contributed by atoms with Gasteiger partial charge in [0.05, 0.1) is 25.9 Å². The van der Waals surface area contributed by atoms with Crippen molar-refractivity contribution in [1.82, 2.24) is 5.32 Å². The normalized spacial score (nSPS) is 21.8. The minimum Gasteiger partial charge on any atom is -0.394 e. The molecule has 0 amide bonds. The molecule has 2 N–H and O–H groups in total. The van der Waals surface area contributed by atoms with E-state index in [1.165, 1.54) is 0 Å². The van der Waals surface area contributed by atoms with Gasteiger partial charge in [-0.3, -0.25) is 0 Å². The van der Waals surface area contributed by atoms with Gasteiger partial charge in [0, 0.05) is 13.2 Å². The Labute approximate surface area is 90.7 Å². The Morgan fingerprint density at radius 3 is 3.07 bits per heavy atom. The first kappa shape index (κ1) is 12.9. The SMILES string of the molecule is OCCOCCCNCC1CCOCO1. The lowest BCUT2D eigenvalue weighted by atomic mass is 10.2. The van der Waals surface area contributed by atoms with Gasteiger partial charge in [0.15, 0.2) is 0 Å². The summed E-state index contributed by atoms with van der Waals surface area (Å²) >= 11 is 0. The van der Waals surface area contributed by atoms with Gasteiger partial charge < -0.3 is 24.6 Å². The van der Waals surface area contributed by atoms with Crippen molar-refractivity contribution in [2.45, 2.75) is 18.9 Å². The fourth-order valence-electron chi connectivity index (χ4n) is 1.39. The maximum atomic E-state index is 8.47. The second-order valence-corrected chi connectivity index (χ2v) is 3.50. The molecule has 1 saturated heterocycles. The van der Waals surface area contributed by atoms with E-state index >= 15 is 0 Å². The summed E-state index contributed by atoms with van der Waals surface area (Å²) in [6.07, 6.45) is 2.22. The maximum absolute atomic E-state index is 8.47. The average Bonchev–Trinajstić information content (AvgIpc) is 2.29. The number of aliphatic hydroxyl groups excluding tert-OH is 1. The van der Waals surface area contributed by atoms with Crippen LogP contribution in [0, 0.1) is 0 Å². The highest BCUT2D eigenvalue weighted by atomic mass is 16.7. The van der Waals surface area contributed by atoms with E-state index in [2.05, 4.69) is 5.32 Å².